The molecule has 29 heavy (non-hydrogen) atoms. The SMILES string of the molecule is Cc1ccc(Cn2ccsc2=NC(=O)CCN2C(=O)NC3(CCCC3)C2=O)cc1. The molecular formula is C21H24N4O3S. The van der Waals surface area contributed by atoms with Crippen molar-refractivity contribution in [1.82, 2.24) is 14.8 Å². The summed E-state index contributed by atoms with van der Waals surface area (Å²) in [6.07, 6.45) is 5.16. The third-order valence-corrected chi connectivity index (χ3v) is 6.40. The number of thiazole rings is 1. The first-order chi connectivity index (χ1) is 14.0. The number of amides is 4. The number of nitrogens with zero attached hydrogens (tertiary/aromatic N) is 3. The van der Waals surface area contributed by atoms with Crippen LogP contribution in [0.25, 0.3) is 0 Å². The molecule has 1 saturated heterocycles. The Hall–Kier alpha value is -2.74. The van der Waals surface area contributed by atoms with Crippen LogP contribution in [0.1, 0.15) is 43.2 Å². The average molecular weight is 413 g/mol. The highest BCUT2D eigenvalue weighted by Crippen LogP contribution is 2.35. The number of rotatable bonds is 5. The minimum Gasteiger partial charge on any atom is -0.323 e. The molecule has 1 N–H and O–H groups in total. The number of imide groups is 1. The summed E-state index contributed by atoms with van der Waals surface area (Å²) in [5.41, 5.74) is 1.59. The molecule has 2 aliphatic rings. The van der Waals surface area contributed by atoms with Crippen molar-refractivity contribution >= 4 is 29.2 Å². The standard InChI is InChI=1S/C21H24N4O3S/c1-15-4-6-16(7-5-15)14-24-12-13-29-20(24)22-17(26)8-11-25-18(27)21(23-19(25)28)9-2-3-10-21/h4-7,12-13H,2-3,8-11,14H2,1H3,(H,23,28). The molecule has 1 aromatic carbocycles. The predicted molar refractivity (Wildman–Crippen MR) is 109 cm³/mol. The van der Waals surface area contributed by atoms with Crippen LogP contribution < -0.4 is 10.1 Å². The first-order valence-electron chi connectivity index (χ1n) is 9.88. The van der Waals surface area contributed by atoms with E-state index < -0.39 is 11.6 Å². The maximum Gasteiger partial charge on any atom is 0.325 e. The van der Waals surface area contributed by atoms with Gasteiger partial charge in [-0.2, -0.15) is 4.99 Å². The van der Waals surface area contributed by atoms with Gasteiger partial charge in [-0.05, 0) is 25.3 Å². The van der Waals surface area contributed by atoms with Crippen molar-refractivity contribution in [3.63, 3.8) is 0 Å². The first kappa shape index (κ1) is 19.6. The molecule has 2 fully saturated rings. The van der Waals surface area contributed by atoms with Gasteiger partial charge < -0.3 is 9.88 Å². The number of aromatic nitrogens is 1. The topological polar surface area (TPSA) is 83.8 Å². The number of benzene rings is 1. The molecule has 8 heteroatoms. The summed E-state index contributed by atoms with van der Waals surface area (Å²) in [6, 6.07) is 7.83. The van der Waals surface area contributed by atoms with Crippen LogP contribution in [0.4, 0.5) is 4.79 Å². The van der Waals surface area contributed by atoms with Crippen LogP contribution in [0.2, 0.25) is 0 Å². The Morgan fingerprint density at radius 1 is 1.21 bits per heavy atom. The average Bonchev–Trinajstić information content (AvgIpc) is 3.39. The Kier molecular flexibility index (Phi) is 5.36. The van der Waals surface area contributed by atoms with Gasteiger partial charge in [0.15, 0.2) is 4.80 Å². The van der Waals surface area contributed by atoms with Crippen molar-refractivity contribution in [2.75, 3.05) is 6.54 Å². The van der Waals surface area contributed by atoms with E-state index in [9.17, 15) is 14.4 Å². The highest BCUT2D eigenvalue weighted by Gasteiger charge is 2.52. The van der Waals surface area contributed by atoms with Gasteiger partial charge in [-0.1, -0.05) is 42.7 Å². The van der Waals surface area contributed by atoms with Crippen molar-refractivity contribution in [2.24, 2.45) is 4.99 Å². The lowest BCUT2D eigenvalue weighted by Gasteiger charge is -2.19. The van der Waals surface area contributed by atoms with E-state index in [4.69, 9.17) is 0 Å². The van der Waals surface area contributed by atoms with Crippen molar-refractivity contribution in [1.29, 1.82) is 0 Å². The van der Waals surface area contributed by atoms with Crippen LogP contribution in [-0.4, -0.2) is 39.4 Å². The summed E-state index contributed by atoms with van der Waals surface area (Å²) < 4.78 is 1.93. The third kappa shape index (κ3) is 4.03. The van der Waals surface area contributed by atoms with E-state index in [2.05, 4.69) is 34.6 Å². The van der Waals surface area contributed by atoms with Crippen LogP contribution in [0.5, 0.6) is 0 Å². The summed E-state index contributed by atoms with van der Waals surface area (Å²) >= 11 is 1.39. The summed E-state index contributed by atoms with van der Waals surface area (Å²) in [4.78, 5) is 43.2. The Balaban J connectivity index is 1.40. The molecule has 2 aromatic rings. The normalized spacial score (nSPS) is 18.7. The maximum absolute atomic E-state index is 12.6. The monoisotopic (exact) mass is 412 g/mol. The number of hydrogen-bond donors (Lipinski definition) is 1. The Labute approximate surface area is 173 Å². The van der Waals surface area contributed by atoms with E-state index in [0.29, 0.717) is 24.2 Å². The zero-order valence-electron chi connectivity index (χ0n) is 16.4. The lowest BCUT2D eigenvalue weighted by Crippen LogP contribution is -2.44. The lowest BCUT2D eigenvalue weighted by molar-refractivity contribution is -0.131. The Morgan fingerprint density at radius 2 is 1.93 bits per heavy atom. The second-order valence-corrected chi connectivity index (χ2v) is 8.60. The molecule has 2 heterocycles. The van der Waals surface area contributed by atoms with Crippen LogP contribution in [-0.2, 0) is 16.1 Å². The van der Waals surface area contributed by atoms with Gasteiger partial charge in [0.25, 0.3) is 5.91 Å². The van der Waals surface area contributed by atoms with Gasteiger partial charge in [0.2, 0.25) is 5.91 Å². The second-order valence-electron chi connectivity index (χ2n) is 7.73. The summed E-state index contributed by atoms with van der Waals surface area (Å²) in [5, 5.41) is 4.72. The Bertz CT molecular complexity index is 999. The quantitative estimate of drug-likeness (QED) is 0.766. The van der Waals surface area contributed by atoms with E-state index in [1.165, 1.54) is 21.8 Å². The van der Waals surface area contributed by atoms with Crippen LogP contribution in [0, 0.1) is 6.92 Å². The number of urea groups is 1. The van der Waals surface area contributed by atoms with Gasteiger partial charge in [-0.3, -0.25) is 14.5 Å². The molecule has 0 atom stereocenters. The van der Waals surface area contributed by atoms with E-state index >= 15 is 0 Å². The number of carbonyl (C=O) groups is 3. The summed E-state index contributed by atoms with van der Waals surface area (Å²) in [7, 11) is 0. The molecule has 0 unspecified atom stereocenters. The number of carbonyl (C=O) groups excluding carboxylic acids is 3. The van der Waals surface area contributed by atoms with Gasteiger partial charge in [-0.25, -0.2) is 4.79 Å². The van der Waals surface area contributed by atoms with Gasteiger partial charge >= 0.3 is 6.03 Å². The van der Waals surface area contributed by atoms with Gasteiger partial charge in [0.05, 0.1) is 0 Å². The molecule has 0 bridgehead atoms. The van der Waals surface area contributed by atoms with E-state index in [1.807, 2.05) is 23.1 Å². The molecule has 4 rings (SSSR count). The molecule has 4 amide bonds. The van der Waals surface area contributed by atoms with E-state index in [0.717, 1.165) is 18.4 Å². The Morgan fingerprint density at radius 3 is 2.66 bits per heavy atom. The molecular weight excluding hydrogens is 388 g/mol. The first-order valence-corrected chi connectivity index (χ1v) is 10.8. The van der Waals surface area contributed by atoms with Crippen LogP contribution >= 0.6 is 11.3 Å². The fourth-order valence-corrected chi connectivity index (χ4v) is 4.71. The van der Waals surface area contributed by atoms with Crippen LogP contribution in [0.3, 0.4) is 0 Å². The number of aryl methyl sites for hydroxylation is 1. The minimum atomic E-state index is -0.734. The highest BCUT2D eigenvalue weighted by atomic mass is 32.1. The number of hydrogen-bond acceptors (Lipinski definition) is 4. The van der Waals surface area contributed by atoms with Crippen LogP contribution in [0.15, 0.2) is 40.8 Å². The molecule has 1 aromatic heterocycles. The molecule has 7 nitrogen and oxygen atoms in total. The molecule has 1 spiro atoms. The van der Waals surface area contributed by atoms with Crippen molar-refractivity contribution in [3.8, 4) is 0 Å². The molecule has 1 aliphatic carbocycles. The lowest BCUT2D eigenvalue weighted by atomic mass is 9.98. The van der Waals surface area contributed by atoms with Crippen molar-refractivity contribution < 1.29 is 14.4 Å². The molecule has 0 radical (unpaired) electrons. The zero-order valence-corrected chi connectivity index (χ0v) is 17.2. The summed E-state index contributed by atoms with van der Waals surface area (Å²) in [6.45, 7) is 2.74. The predicted octanol–water partition coefficient (Wildman–Crippen LogP) is 2.59. The minimum absolute atomic E-state index is 0.0255. The maximum atomic E-state index is 12.6. The van der Waals surface area contributed by atoms with Gasteiger partial charge in [0, 0.05) is 31.1 Å². The molecule has 1 aliphatic heterocycles. The van der Waals surface area contributed by atoms with Crippen molar-refractivity contribution in [3.05, 3.63) is 51.8 Å². The molecule has 152 valence electrons. The van der Waals surface area contributed by atoms with E-state index in [1.54, 1.807) is 0 Å². The second kappa shape index (κ2) is 7.94. The third-order valence-electron chi connectivity index (χ3n) is 5.61. The van der Waals surface area contributed by atoms with E-state index in [-0.39, 0.29) is 24.8 Å². The van der Waals surface area contributed by atoms with Crippen molar-refractivity contribution in [2.45, 2.75) is 51.1 Å². The molecule has 1 saturated carbocycles. The van der Waals surface area contributed by atoms with Gasteiger partial charge in [-0.15, -0.1) is 11.3 Å². The number of nitrogens with one attached hydrogen (secondary N) is 1. The fourth-order valence-electron chi connectivity index (χ4n) is 3.96. The largest absolute Gasteiger partial charge is 0.325 e. The smallest absolute Gasteiger partial charge is 0.323 e. The zero-order chi connectivity index (χ0) is 20.4. The van der Waals surface area contributed by atoms with Gasteiger partial charge in [0.1, 0.15) is 5.54 Å². The highest BCUT2D eigenvalue weighted by molar-refractivity contribution is 7.07. The summed E-state index contributed by atoms with van der Waals surface area (Å²) in [5.74, 6) is -0.531. The fraction of sp³-hybridized carbons (Fsp3) is 0.429.